The van der Waals surface area contributed by atoms with Crippen LogP contribution in [0.4, 0.5) is 0 Å². The molecule has 44 heavy (non-hydrogen) atoms. The number of ether oxygens (including phenoxy) is 2. The maximum Gasteiger partial charge on any atom is 0.350 e. The lowest BCUT2D eigenvalue weighted by molar-refractivity contribution is 0.00744. The summed E-state index contributed by atoms with van der Waals surface area (Å²) >= 11 is 0. The molecule has 0 saturated heterocycles. The highest BCUT2D eigenvalue weighted by Gasteiger charge is 2.21. The molecule has 9 nitrogen and oxygen atoms in total. The number of nitrogens with zero attached hydrogens (tertiary/aromatic N) is 2. The van der Waals surface area contributed by atoms with Crippen molar-refractivity contribution in [2.45, 2.75) is 136 Å². The second kappa shape index (κ2) is 21.7. The highest BCUT2D eigenvalue weighted by atomic mass is 31.2. The van der Waals surface area contributed by atoms with Crippen LogP contribution < -0.4 is 11.2 Å². The average Bonchev–Trinajstić information content (AvgIpc) is 2.99. The van der Waals surface area contributed by atoms with Gasteiger partial charge in [0.25, 0.3) is 5.56 Å². The van der Waals surface area contributed by atoms with Gasteiger partial charge in [-0.3, -0.25) is 13.9 Å². The smallest absolute Gasteiger partial charge is 0.350 e. The van der Waals surface area contributed by atoms with Gasteiger partial charge in [-0.15, -0.1) is 0 Å². The molecule has 250 valence electrons. The summed E-state index contributed by atoms with van der Waals surface area (Å²) in [6, 6.07) is 9.12. The Morgan fingerprint density at radius 1 is 0.773 bits per heavy atom. The predicted octanol–water partition coefficient (Wildman–Crippen LogP) is 7.93. The third-order valence-electron chi connectivity index (χ3n) is 8.09. The van der Waals surface area contributed by atoms with Crippen LogP contribution in [0.1, 0.15) is 128 Å². The van der Waals surface area contributed by atoms with Crippen molar-refractivity contribution < 1.29 is 23.8 Å². The maximum absolute atomic E-state index is 13.6. The second-order valence-electron chi connectivity index (χ2n) is 11.9. The van der Waals surface area contributed by atoms with Gasteiger partial charge in [-0.05, 0) is 25.8 Å². The minimum absolute atomic E-state index is 0.0238. The molecule has 1 aromatic carbocycles. The molecule has 2 rings (SSSR count). The third-order valence-corrected chi connectivity index (χ3v) is 8.61. The van der Waals surface area contributed by atoms with Gasteiger partial charge in [0, 0.05) is 12.2 Å². The number of hydrogen-bond donors (Lipinski definition) is 2. The molecule has 0 bridgehead atoms. The highest BCUT2D eigenvalue weighted by Crippen LogP contribution is 2.33. The van der Waals surface area contributed by atoms with Crippen molar-refractivity contribution in [1.82, 2.24) is 9.13 Å². The first-order chi connectivity index (χ1) is 21.2. The summed E-state index contributed by atoms with van der Waals surface area (Å²) in [6.07, 6.45) is 19.1. The molecular formula is C34H57N2O7P. The molecule has 2 N–H and O–H groups in total. The molecule has 0 aliphatic rings. The predicted molar refractivity (Wildman–Crippen MR) is 178 cm³/mol. The van der Waals surface area contributed by atoms with Crippen LogP contribution in [0.2, 0.25) is 0 Å². The molecule has 0 spiro atoms. The molecule has 1 unspecified atom stereocenters. The van der Waals surface area contributed by atoms with Crippen LogP contribution in [-0.2, 0) is 20.6 Å². The summed E-state index contributed by atoms with van der Waals surface area (Å²) in [4.78, 5) is 45.1. The highest BCUT2D eigenvalue weighted by molar-refractivity contribution is 7.51. The Hall–Kier alpha value is -2.03. The molecule has 1 aromatic heterocycles. The SMILES string of the molecule is CCCCCCCCCCCCCCCCCCOC(C)n1c(=O)c(C)c(-c2ccccc2)n(CCOCP(=O)(O)O)c1=O. The van der Waals surface area contributed by atoms with Gasteiger partial charge < -0.3 is 19.3 Å². The second-order valence-corrected chi connectivity index (χ2v) is 13.5. The molecule has 0 aliphatic carbocycles. The largest absolute Gasteiger partial charge is 0.367 e. The summed E-state index contributed by atoms with van der Waals surface area (Å²) < 4.78 is 24.8. The van der Waals surface area contributed by atoms with Crippen molar-refractivity contribution in [3.05, 3.63) is 56.7 Å². The van der Waals surface area contributed by atoms with Gasteiger partial charge in [0.15, 0.2) is 0 Å². The van der Waals surface area contributed by atoms with Gasteiger partial charge in [0.2, 0.25) is 0 Å². The van der Waals surface area contributed by atoms with E-state index >= 15 is 0 Å². The lowest BCUT2D eigenvalue weighted by Crippen LogP contribution is -2.44. The van der Waals surface area contributed by atoms with E-state index in [0.717, 1.165) is 23.8 Å². The van der Waals surface area contributed by atoms with Crippen molar-refractivity contribution >= 4 is 7.60 Å². The van der Waals surface area contributed by atoms with Crippen LogP contribution in [0.15, 0.2) is 39.9 Å². The quantitative estimate of drug-likeness (QED) is 0.0839. The average molecular weight is 637 g/mol. The number of unbranched alkanes of at least 4 members (excludes halogenated alkanes) is 15. The summed E-state index contributed by atoms with van der Waals surface area (Å²) in [5.74, 6) is 0. The van der Waals surface area contributed by atoms with E-state index in [0.29, 0.717) is 23.4 Å². The molecule has 1 atom stereocenters. The fraction of sp³-hybridized carbons (Fsp3) is 0.706. The summed E-state index contributed by atoms with van der Waals surface area (Å²) in [5.41, 5.74) is 0.591. The molecular weight excluding hydrogens is 579 g/mol. The minimum Gasteiger partial charge on any atom is -0.367 e. The third kappa shape index (κ3) is 14.4. The zero-order chi connectivity index (χ0) is 32.2. The lowest BCUT2D eigenvalue weighted by atomic mass is 10.0. The van der Waals surface area contributed by atoms with E-state index in [1.54, 1.807) is 13.8 Å². The Morgan fingerprint density at radius 2 is 1.27 bits per heavy atom. The standard InChI is InChI=1S/C34H57N2O7P/c1-4-5-6-7-8-9-10-11-12-13-14-15-16-17-18-22-26-43-30(3)36-33(37)29(2)32(31-23-20-19-21-24-31)35(34(36)38)25-27-42-28-44(39,40)41/h19-21,23-24,30H,4-18,22,25-28H2,1-3H3,(H2,39,40,41). The zero-order valence-electron chi connectivity index (χ0n) is 27.4. The van der Waals surface area contributed by atoms with Crippen LogP contribution in [-0.4, -0.2) is 38.5 Å². The summed E-state index contributed by atoms with van der Waals surface area (Å²) in [6.45, 7) is 6.02. The van der Waals surface area contributed by atoms with Crippen LogP contribution in [0, 0.1) is 6.92 Å². The molecule has 2 aromatic rings. The van der Waals surface area contributed by atoms with E-state index in [9.17, 15) is 14.2 Å². The van der Waals surface area contributed by atoms with E-state index in [1.165, 1.54) is 88.0 Å². The number of rotatable bonds is 25. The van der Waals surface area contributed by atoms with Crippen molar-refractivity contribution in [2.24, 2.45) is 0 Å². The zero-order valence-corrected chi connectivity index (χ0v) is 28.3. The Kier molecular flexibility index (Phi) is 18.8. The molecule has 0 amide bonds. The Balaban J connectivity index is 1.79. The van der Waals surface area contributed by atoms with Crippen LogP contribution >= 0.6 is 7.60 Å². The van der Waals surface area contributed by atoms with E-state index in [2.05, 4.69) is 6.92 Å². The van der Waals surface area contributed by atoms with Crippen LogP contribution in [0.3, 0.4) is 0 Å². The van der Waals surface area contributed by atoms with Gasteiger partial charge in [-0.1, -0.05) is 134 Å². The number of benzene rings is 1. The lowest BCUT2D eigenvalue weighted by Gasteiger charge is -2.22. The van der Waals surface area contributed by atoms with E-state index in [-0.39, 0.29) is 13.2 Å². The minimum atomic E-state index is -4.33. The van der Waals surface area contributed by atoms with Crippen LogP contribution in [0.5, 0.6) is 0 Å². The fourth-order valence-electron chi connectivity index (χ4n) is 5.61. The Labute approximate surface area is 264 Å². The van der Waals surface area contributed by atoms with Gasteiger partial charge in [0.1, 0.15) is 12.6 Å². The first-order valence-corrected chi connectivity index (χ1v) is 18.6. The van der Waals surface area contributed by atoms with Gasteiger partial charge in [0.05, 0.1) is 18.8 Å². The van der Waals surface area contributed by atoms with E-state index in [1.807, 2.05) is 30.3 Å². The van der Waals surface area contributed by atoms with Crippen molar-refractivity contribution in [1.29, 1.82) is 0 Å². The van der Waals surface area contributed by atoms with Gasteiger partial charge in [-0.2, -0.15) is 0 Å². The van der Waals surface area contributed by atoms with Crippen molar-refractivity contribution in [3.63, 3.8) is 0 Å². The monoisotopic (exact) mass is 636 g/mol. The maximum atomic E-state index is 13.6. The summed E-state index contributed by atoms with van der Waals surface area (Å²) in [7, 11) is -4.33. The fourth-order valence-corrected chi connectivity index (χ4v) is 5.98. The van der Waals surface area contributed by atoms with Crippen LogP contribution in [0.25, 0.3) is 11.3 Å². The number of hydrogen-bond acceptors (Lipinski definition) is 5. The molecule has 0 fully saturated rings. The normalized spacial score (nSPS) is 12.6. The molecule has 1 heterocycles. The van der Waals surface area contributed by atoms with Crippen molar-refractivity contribution in [2.75, 3.05) is 19.6 Å². The molecule has 0 radical (unpaired) electrons. The van der Waals surface area contributed by atoms with Gasteiger partial charge >= 0.3 is 13.3 Å². The summed E-state index contributed by atoms with van der Waals surface area (Å²) in [5, 5.41) is 0. The first-order valence-electron chi connectivity index (χ1n) is 16.8. The molecule has 0 aliphatic heterocycles. The van der Waals surface area contributed by atoms with E-state index < -0.39 is 31.4 Å². The number of aromatic nitrogens is 2. The van der Waals surface area contributed by atoms with E-state index in [4.69, 9.17) is 19.3 Å². The Bertz CT molecular complexity index is 1220. The first kappa shape index (κ1) is 38.2. The van der Waals surface area contributed by atoms with Crippen molar-refractivity contribution in [3.8, 4) is 11.3 Å². The topological polar surface area (TPSA) is 120 Å². The van der Waals surface area contributed by atoms with Gasteiger partial charge in [-0.25, -0.2) is 9.36 Å². The molecule has 0 saturated carbocycles. The Morgan fingerprint density at radius 3 is 1.77 bits per heavy atom. The molecule has 10 heteroatoms.